The van der Waals surface area contributed by atoms with Crippen molar-refractivity contribution in [3.63, 3.8) is 0 Å². The highest BCUT2D eigenvalue weighted by Crippen LogP contribution is 2.20. The molecule has 0 bridgehead atoms. The van der Waals surface area contributed by atoms with E-state index in [1.165, 1.54) is 18.2 Å². The molecule has 0 amide bonds. The molecule has 1 rings (SSSR count). The second kappa shape index (κ2) is 4.53. The number of hydrogen-bond acceptors (Lipinski definition) is 4. The van der Waals surface area contributed by atoms with Gasteiger partial charge in [0.15, 0.2) is 0 Å². The van der Waals surface area contributed by atoms with Crippen LogP contribution in [-0.4, -0.2) is 16.5 Å². The Morgan fingerprint density at radius 3 is 2.41 bits per heavy atom. The van der Waals surface area contributed by atoms with Crippen molar-refractivity contribution in [2.24, 2.45) is 0 Å². The van der Waals surface area contributed by atoms with Gasteiger partial charge in [0.25, 0.3) is 5.69 Å². The normalized spacial score (nSPS) is 11.1. The molecule has 0 unspecified atom stereocenters. The van der Waals surface area contributed by atoms with Crippen LogP contribution < -0.4 is 0 Å². The molecular formula is C12H15NO4. The number of carbonyl (C=O) groups is 1. The van der Waals surface area contributed by atoms with Crippen LogP contribution in [0.2, 0.25) is 0 Å². The highest BCUT2D eigenvalue weighted by Gasteiger charge is 2.21. The van der Waals surface area contributed by atoms with E-state index in [0.29, 0.717) is 5.56 Å². The molecule has 0 aromatic heterocycles. The standard InChI is InChI=1S/C12H15NO4/c1-8-5-6-9(13(15)16)7-10(8)11(14)17-12(2,3)4/h5-7H,1-4H3. The van der Waals surface area contributed by atoms with Gasteiger partial charge in [0.2, 0.25) is 0 Å². The van der Waals surface area contributed by atoms with Crippen molar-refractivity contribution in [2.45, 2.75) is 33.3 Å². The predicted octanol–water partition coefficient (Wildman–Crippen LogP) is 2.86. The summed E-state index contributed by atoms with van der Waals surface area (Å²) >= 11 is 0. The van der Waals surface area contributed by atoms with Crippen molar-refractivity contribution in [3.05, 3.63) is 39.4 Å². The molecule has 1 aromatic carbocycles. The topological polar surface area (TPSA) is 69.4 Å². The lowest BCUT2D eigenvalue weighted by atomic mass is 10.1. The third-order valence-corrected chi connectivity index (χ3v) is 2.05. The number of hydrogen-bond donors (Lipinski definition) is 0. The van der Waals surface area contributed by atoms with E-state index in [1.807, 2.05) is 0 Å². The number of esters is 1. The first-order valence-corrected chi connectivity index (χ1v) is 5.19. The minimum absolute atomic E-state index is 0.114. The summed E-state index contributed by atoms with van der Waals surface area (Å²) < 4.78 is 5.18. The maximum Gasteiger partial charge on any atom is 0.339 e. The van der Waals surface area contributed by atoms with Crippen molar-refractivity contribution in [1.82, 2.24) is 0 Å². The van der Waals surface area contributed by atoms with E-state index in [0.717, 1.165) is 0 Å². The van der Waals surface area contributed by atoms with Gasteiger partial charge in [0.1, 0.15) is 5.60 Å². The number of nitro benzene ring substituents is 1. The van der Waals surface area contributed by atoms with Crippen LogP contribution in [0.5, 0.6) is 0 Å². The third kappa shape index (κ3) is 3.55. The van der Waals surface area contributed by atoms with Gasteiger partial charge < -0.3 is 4.74 Å². The molecule has 5 heteroatoms. The number of ether oxygens (including phenoxy) is 1. The van der Waals surface area contributed by atoms with Gasteiger partial charge in [-0.1, -0.05) is 6.07 Å². The van der Waals surface area contributed by atoms with Crippen LogP contribution >= 0.6 is 0 Å². The van der Waals surface area contributed by atoms with E-state index in [2.05, 4.69) is 0 Å². The van der Waals surface area contributed by atoms with Crippen LogP contribution in [-0.2, 0) is 4.74 Å². The maximum atomic E-state index is 11.8. The lowest BCUT2D eigenvalue weighted by Gasteiger charge is -2.20. The Labute approximate surface area is 99.5 Å². The summed E-state index contributed by atoms with van der Waals surface area (Å²) in [5.41, 5.74) is 0.157. The average molecular weight is 237 g/mol. The number of rotatable bonds is 2. The molecular weight excluding hydrogens is 222 g/mol. The van der Waals surface area contributed by atoms with Gasteiger partial charge in [-0.3, -0.25) is 10.1 Å². The maximum absolute atomic E-state index is 11.8. The third-order valence-electron chi connectivity index (χ3n) is 2.05. The zero-order valence-corrected chi connectivity index (χ0v) is 10.3. The smallest absolute Gasteiger partial charge is 0.339 e. The van der Waals surface area contributed by atoms with Crippen molar-refractivity contribution in [1.29, 1.82) is 0 Å². The summed E-state index contributed by atoms with van der Waals surface area (Å²) in [6, 6.07) is 4.14. The first kappa shape index (κ1) is 13.2. The number of carbonyl (C=O) groups excluding carboxylic acids is 1. The van der Waals surface area contributed by atoms with E-state index in [4.69, 9.17) is 4.74 Å². The molecule has 0 spiro atoms. The minimum Gasteiger partial charge on any atom is -0.456 e. The molecule has 0 atom stereocenters. The fraction of sp³-hybridized carbons (Fsp3) is 0.417. The van der Waals surface area contributed by atoms with Gasteiger partial charge in [-0.25, -0.2) is 4.79 Å². The number of aryl methyl sites for hydroxylation is 1. The Hall–Kier alpha value is -1.91. The number of nitrogens with zero attached hydrogens (tertiary/aromatic N) is 1. The Morgan fingerprint density at radius 1 is 1.35 bits per heavy atom. The Balaban J connectivity index is 3.08. The largest absolute Gasteiger partial charge is 0.456 e. The van der Waals surface area contributed by atoms with E-state index >= 15 is 0 Å². The van der Waals surface area contributed by atoms with Crippen LogP contribution in [0.25, 0.3) is 0 Å². The summed E-state index contributed by atoms with van der Waals surface area (Å²) in [6.07, 6.45) is 0. The van der Waals surface area contributed by atoms with E-state index in [9.17, 15) is 14.9 Å². The van der Waals surface area contributed by atoms with Crippen LogP contribution in [0, 0.1) is 17.0 Å². The predicted molar refractivity (Wildman–Crippen MR) is 63.0 cm³/mol. The first-order chi connectivity index (χ1) is 7.70. The quantitative estimate of drug-likeness (QED) is 0.450. The lowest BCUT2D eigenvalue weighted by molar-refractivity contribution is -0.384. The molecule has 0 saturated carbocycles. The Kier molecular flexibility index (Phi) is 3.50. The molecule has 0 aliphatic heterocycles. The highest BCUT2D eigenvalue weighted by atomic mass is 16.6. The first-order valence-electron chi connectivity index (χ1n) is 5.19. The van der Waals surface area contributed by atoms with Gasteiger partial charge in [-0.2, -0.15) is 0 Å². The minimum atomic E-state index is -0.617. The molecule has 0 N–H and O–H groups in total. The molecule has 0 aliphatic carbocycles. The molecule has 0 aliphatic rings. The molecule has 5 nitrogen and oxygen atoms in total. The van der Waals surface area contributed by atoms with Crippen LogP contribution in [0.4, 0.5) is 5.69 Å². The number of nitro groups is 1. The number of non-ortho nitro benzene ring substituents is 1. The second-order valence-corrected chi connectivity index (χ2v) is 4.76. The fourth-order valence-corrected chi connectivity index (χ4v) is 1.28. The Bertz CT molecular complexity index is 460. The van der Waals surface area contributed by atoms with E-state index in [1.54, 1.807) is 27.7 Å². The van der Waals surface area contributed by atoms with Gasteiger partial charge in [0, 0.05) is 12.1 Å². The summed E-state index contributed by atoms with van der Waals surface area (Å²) in [7, 11) is 0. The number of benzene rings is 1. The van der Waals surface area contributed by atoms with Gasteiger partial charge in [0.05, 0.1) is 10.5 Å². The van der Waals surface area contributed by atoms with Crippen LogP contribution in [0.15, 0.2) is 18.2 Å². The van der Waals surface area contributed by atoms with Gasteiger partial charge >= 0.3 is 5.97 Å². The van der Waals surface area contributed by atoms with E-state index < -0.39 is 16.5 Å². The van der Waals surface area contributed by atoms with Crippen molar-refractivity contribution in [3.8, 4) is 0 Å². The van der Waals surface area contributed by atoms with Gasteiger partial charge in [-0.15, -0.1) is 0 Å². The molecule has 0 fully saturated rings. The zero-order chi connectivity index (χ0) is 13.2. The molecule has 0 radical (unpaired) electrons. The van der Waals surface area contributed by atoms with Gasteiger partial charge in [-0.05, 0) is 33.3 Å². The fourth-order valence-electron chi connectivity index (χ4n) is 1.28. The molecule has 0 heterocycles. The van der Waals surface area contributed by atoms with Crippen LogP contribution in [0.1, 0.15) is 36.7 Å². The van der Waals surface area contributed by atoms with E-state index in [-0.39, 0.29) is 11.3 Å². The SMILES string of the molecule is Cc1ccc([N+](=O)[O-])cc1C(=O)OC(C)(C)C. The summed E-state index contributed by atoms with van der Waals surface area (Å²) in [5.74, 6) is -0.543. The second-order valence-electron chi connectivity index (χ2n) is 4.76. The summed E-state index contributed by atoms with van der Waals surface area (Å²) in [4.78, 5) is 21.9. The van der Waals surface area contributed by atoms with Crippen molar-refractivity contribution < 1.29 is 14.5 Å². The zero-order valence-electron chi connectivity index (χ0n) is 10.3. The summed E-state index contributed by atoms with van der Waals surface area (Å²) in [5, 5.41) is 10.6. The van der Waals surface area contributed by atoms with Crippen LogP contribution in [0.3, 0.4) is 0 Å². The van der Waals surface area contributed by atoms with Crippen molar-refractivity contribution >= 4 is 11.7 Å². The highest BCUT2D eigenvalue weighted by molar-refractivity contribution is 5.92. The molecule has 92 valence electrons. The molecule has 0 saturated heterocycles. The lowest BCUT2D eigenvalue weighted by Crippen LogP contribution is -2.24. The van der Waals surface area contributed by atoms with Crippen molar-refractivity contribution in [2.75, 3.05) is 0 Å². The monoisotopic (exact) mass is 237 g/mol. The molecule has 17 heavy (non-hydrogen) atoms. The Morgan fingerprint density at radius 2 is 1.94 bits per heavy atom. The summed E-state index contributed by atoms with van der Waals surface area (Å²) in [6.45, 7) is 6.95. The molecule has 1 aromatic rings. The average Bonchev–Trinajstić information content (AvgIpc) is 2.14.